The molecule has 0 fully saturated rings. The normalized spacial score (nSPS) is 15.6. The fourth-order valence-electron chi connectivity index (χ4n) is 2.07. The molecule has 0 aliphatic heterocycles. The standard InChI is InChI=1S/C17H31NO2/c1-3-5-6-8-11-14-17(20,18-4-2)15-12-9-7-10-13-16-19/h3,5,12-13,15-16,18-20H,4,6-11,14H2,1-2H3/b5-3-,15-12-,16-13+. The molecule has 0 spiro atoms. The predicted molar refractivity (Wildman–Crippen MR) is 86.7 cm³/mol. The summed E-state index contributed by atoms with van der Waals surface area (Å²) >= 11 is 0. The van der Waals surface area contributed by atoms with Crippen LogP contribution in [0, 0.1) is 0 Å². The number of hydrogen-bond donors (Lipinski definition) is 3. The summed E-state index contributed by atoms with van der Waals surface area (Å²) in [5, 5.41) is 22.2. The van der Waals surface area contributed by atoms with Crippen LogP contribution in [0.4, 0.5) is 0 Å². The minimum Gasteiger partial charge on any atom is -0.516 e. The van der Waals surface area contributed by atoms with E-state index in [-0.39, 0.29) is 0 Å². The van der Waals surface area contributed by atoms with E-state index in [2.05, 4.69) is 17.5 Å². The van der Waals surface area contributed by atoms with E-state index in [4.69, 9.17) is 5.11 Å². The van der Waals surface area contributed by atoms with Gasteiger partial charge in [-0.25, -0.2) is 0 Å². The molecule has 0 aliphatic rings. The van der Waals surface area contributed by atoms with Crippen LogP contribution in [0.5, 0.6) is 0 Å². The molecule has 0 heterocycles. The second kappa shape index (κ2) is 12.9. The lowest BCUT2D eigenvalue weighted by atomic mass is 10.0. The first-order valence-corrected chi connectivity index (χ1v) is 7.74. The van der Waals surface area contributed by atoms with Crippen LogP contribution in [0.3, 0.4) is 0 Å². The average Bonchev–Trinajstić information content (AvgIpc) is 2.43. The Bertz CT molecular complexity index is 297. The second-order valence-electron chi connectivity index (χ2n) is 4.99. The number of aliphatic hydroxyl groups is 2. The molecule has 0 saturated heterocycles. The summed E-state index contributed by atoms with van der Waals surface area (Å²) in [5.41, 5.74) is -0.877. The summed E-state index contributed by atoms with van der Waals surface area (Å²) in [6.07, 6.45) is 17.7. The summed E-state index contributed by atoms with van der Waals surface area (Å²) in [5.74, 6) is 0. The Morgan fingerprint density at radius 2 is 1.70 bits per heavy atom. The van der Waals surface area contributed by atoms with Crippen LogP contribution in [-0.4, -0.2) is 22.5 Å². The first-order valence-electron chi connectivity index (χ1n) is 7.74. The maximum absolute atomic E-state index is 10.5. The predicted octanol–water partition coefficient (Wildman–Crippen LogP) is 4.22. The fraction of sp³-hybridized carbons (Fsp3) is 0.647. The number of aliphatic hydroxyl groups excluding tert-OH is 1. The zero-order valence-electron chi connectivity index (χ0n) is 13.0. The molecule has 0 aromatic heterocycles. The van der Waals surface area contributed by atoms with Gasteiger partial charge in [0.1, 0.15) is 5.72 Å². The van der Waals surface area contributed by atoms with Gasteiger partial charge in [-0.05, 0) is 64.5 Å². The summed E-state index contributed by atoms with van der Waals surface area (Å²) in [7, 11) is 0. The molecule has 0 aromatic carbocycles. The molecule has 3 N–H and O–H groups in total. The summed E-state index contributed by atoms with van der Waals surface area (Å²) < 4.78 is 0. The maximum Gasteiger partial charge on any atom is 0.135 e. The number of rotatable bonds is 12. The zero-order chi connectivity index (χ0) is 15.1. The van der Waals surface area contributed by atoms with Gasteiger partial charge in [0, 0.05) is 0 Å². The third kappa shape index (κ3) is 10.8. The third-order valence-corrected chi connectivity index (χ3v) is 3.14. The van der Waals surface area contributed by atoms with Gasteiger partial charge >= 0.3 is 0 Å². The number of hydrogen-bond acceptors (Lipinski definition) is 3. The lowest BCUT2D eigenvalue weighted by Gasteiger charge is -2.25. The van der Waals surface area contributed by atoms with Crippen LogP contribution in [0.25, 0.3) is 0 Å². The quantitative estimate of drug-likeness (QED) is 0.217. The van der Waals surface area contributed by atoms with Crippen molar-refractivity contribution in [3.05, 3.63) is 36.6 Å². The maximum atomic E-state index is 10.5. The molecule has 20 heavy (non-hydrogen) atoms. The van der Waals surface area contributed by atoms with Crippen LogP contribution in [0.1, 0.15) is 58.8 Å². The SMILES string of the molecule is C/C=C\CCCCC(O)(/C=C\CCC/C=C/O)NCC. The van der Waals surface area contributed by atoms with E-state index < -0.39 is 5.72 Å². The Hall–Kier alpha value is -1.06. The van der Waals surface area contributed by atoms with Gasteiger partial charge in [0.25, 0.3) is 0 Å². The fourth-order valence-corrected chi connectivity index (χ4v) is 2.07. The van der Waals surface area contributed by atoms with Gasteiger partial charge in [-0.1, -0.05) is 31.2 Å². The molecule has 0 amide bonds. The molecule has 0 aromatic rings. The van der Waals surface area contributed by atoms with Gasteiger partial charge in [-0.3, -0.25) is 5.32 Å². The van der Waals surface area contributed by atoms with Gasteiger partial charge in [0.05, 0.1) is 6.26 Å². The third-order valence-electron chi connectivity index (χ3n) is 3.14. The first-order chi connectivity index (χ1) is 9.68. The van der Waals surface area contributed by atoms with Crippen molar-refractivity contribution in [3.8, 4) is 0 Å². The van der Waals surface area contributed by atoms with Crippen LogP contribution in [0.15, 0.2) is 36.6 Å². The van der Waals surface area contributed by atoms with E-state index in [0.29, 0.717) is 0 Å². The molecule has 0 rings (SSSR count). The molecule has 0 saturated carbocycles. The van der Waals surface area contributed by atoms with Crippen molar-refractivity contribution < 1.29 is 10.2 Å². The number of allylic oxidation sites excluding steroid dienone is 4. The summed E-state index contributed by atoms with van der Waals surface area (Å²) in [4.78, 5) is 0. The minimum atomic E-state index is -0.877. The van der Waals surface area contributed by atoms with E-state index in [1.54, 1.807) is 6.08 Å². The van der Waals surface area contributed by atoms with Crippen LogP contribution in [-0.2, 0) is 0 Å². The lowest BCUT2D eigenvalue weighted by Crippen LogP contribution is -2.43. The Labute approximate surface area is 124 Å². The van der Waals surface area contributed by atoms with Gasteiger partial charge in [-0.2, -0.15) is 0 Å². The Kier molecular flexibility index (Phi) is 12.3. The highest BCUT2D eigenvalue weighted by atomic mass is 16.3. The first kappa shape index (κ1) is 18.9. The molecule has 3 nitrogen and oxygen atoms in total. The van der Waals surface area contributed by atoms with E-state index >= 15 is 0 Å². The topological polar surface area (TPSA) is 52.5 Å². The Morgan fingerprint density at radius 3 is 2.35 bits per heavy atom. The summed E-state index contributed by atoms with van der Waals surface area (Å²) in [6.45, 7) is 4.79. The van der Waals surface area contributed by atoms with Crippen LogP contribution < -0.4 is 5.32 Å². The van der Waals surface area contributed by atoms with E-state index in [1.807, 2.05) is 26.0 Å². The van der Waals surface area contributed by atoms with Crippen molar-refractivity contribution in [2.45, 2.75) is 64.5 Å². The molecule has 0 radical (unpaired) electrons. The highest BCUT2D eigenvalue weighted by Gasteiger charge is 2.20. The second-order valence-corrected chi connectivity index (χ2v) is 4.99. The van der Waals surface area contributed by atoms with Crippen molar-refractivity contribution in [2.24, 2.45) is 0 Å². The van der Waals surface area contributed by atoms with E-state index in [9.17, 15) is 5.11 Å². The molecule has 0 bridgehead atoms. The van der Waals surface area contributed by atoms with Crippen molar-refractivity contribution in [3.63, 3.8) is 0 Å². The van der Waals surface area contributed by atoms with Gasteiger partial charge in [0.2, 0.25) is 0 Å². The van der Waals surface area contributed by atoms with Crippen LogP contribution in [0.2, 0.25) is 0 Å². The highest BCUT2D eigenvalue weighted by molar-refractivity contribution is 4.99. The molecule has 116 valence electrons. The van der Waals surface area contributed by atoms with Crippen molar-refractivity contribution in [1.29, 1.82) is 0 Å². The van der Waals surface area contributed by atoms with E-state index in [0.717, 1.165) is 57.8 Å². The lowest BCUT2D eigenvalue weighted by molar-refractivity contribution is 0.0447. The Morgan fingerprint density at radius 1 is 1.00 bits per heavy atom. The number of likely N-dealkylation sites (N-methyl/N-ethyl adjacent to an activating group) is 1. The molecular weight excluding hydrogens is 250 g/mol. The molecule has 3 heteroatoms. The van der Waals surface area contributed by atoms with Crippen molar-refractivity contribution in [1.82, 2.24) is 5.32 Å². The highest BCUT2D eigenvalue weighted by Crippen LogP contribution is 2.15. The van der Waals surface area contributed by atoms with Gasteiger partial charge in [0.15, 0.2) is 0 Å². The molecule has 1 atom stereocenters. The van der Waals surface area contributed by atoms with Gasteiger partial charge in [-0.15, -0.1) is 0 Å². The number of unbranched alkanes of at least 4 members (excludes halogenated alkanes) is 4. The van der Waals surface area contributed by atoms with Gasteiger partial charge < -0.3 is 10.2 Å². The van der Waals surface area contributed by atoms with Crippen LogP contribution >= 0.6 is 0 Å². The molecule has 0 aliphatic carbocycles. The summed E-state index contributed by atoms with van der Waals surface area (Å²) in [6, 6.07) is 0. The zero-order valence-corrected chi connectivity index (χ0v) is 13.0. The smallest absolute Gasteiger partial charge is 0.135 e. The van der Waals surface area contributed by atoms with Crippen molar-refractivity contribution >= 4 is 0 Å². The average molecular weight is 281 g/mol. The number of nitrogens with one attached hydrogen (secondary N) is 1. The molecular formula is C17H31NO2. The van der Waals surface area contributed by atoms with E-state index in [1.165, 1.54) is 0 Å². The largest absolute Gasteiger partial charge is 0.516 e. The van der Waals surface area contributed by atoms with Crippen molar-refractivity contribution in [2.75, 3.05) is 6.54 Å². The molecule has 1 unspecified atom stereocenters. The minimum absolute atomic E-state index is 0.742. The monoisotopic (exact) mass is 281 g/mol. The Balaban J connectivity index is 4.05.